The van der Waals surface area contributed by atoms with Crippen LogP contribution in [0.3, 0.4) is 0 Å². The molecule has 6 rings (SSSR count). The number of hydrogen-bond donors (Lipinski definition) is 0. The molecule has 0 N–H and O–H groups in total. The molecule has 0 radical (unpaired) electrons. The van der Waals surface area contributed by atoms with E-state index >= 15 is 0 Å². The Morgan fingerprint density at radius 3 is 2.31 bits per heavy atom. The van der Waals surface area contributed by atoms with E-state index in [0.717, 1.165) is 44.0 Å². The van der Waals surface area contributed by atoms with E-state index in [9.17, 15) is 4.79 Å². The minimum absolute atomic E-state index is 0.000715. The molecule has 2 fully saturated rings. The Labute approximate surface area is 212 Å². The lowest BCUT2D eigenvalue weighted by molar-refractivity contribution is 0.0758. The summed E-state index contributed by atoms with van der Waals surface area (Å²) in [5.41, 5.74) is 5.67. The van der Waals surface area contributed by atoms with E-state index in [0.29, 0.717) is 22.5 Å². The van der Waals surface area contributed by atoms with Crippen molar-refractivity contribution in [2.45, 2.75) is 38.8 Å². The van der Waals surface area contributed by atoms with Crippen LogP contribution < -0.4 is 9.80 Å². The van der Waals surface area contributed by atoms with Crippen molar-refractivity contribution in [3.05, 3.63) is 88.7 Å². The van der Waals surface area contributed by atoms with Crippen molar-refractivity contribution < 1.29 is 4.79 Å². The minimum atomic E-state index is 0.000715. The van der Waals surface area contributed by atoms with Crippen LogP contribution in [0.4, 0.5) is 11.4 Å². The number of amides is 1. The van der Waals surface area contributed by atoms with Gasteiger partial charge in [0.25, 0.3) is 5.91 Å². The molecular weight excluding hydrogens is 456 g/mol. The number of fused-ring (bicyclic) bond motifs is 1. The van der Waals surface area contributed by atoms with Crippen molar-refractivity contribution >= 4 is 28.9 Å². The van der Waals surface area contributed by atoms with Crippen molar-refractivity contribution in [1.29, 1.82) is 0 Å². The molecule has 1 spiro atoms. The monoisotopic (exact) mass is 486 g/mol. The first-order valence-electron chi connectivity index (χ1n) is 12.7. The molecule has 3 aromatic rings. The number of aromatic nitrogens is 1. The Bertz CT molecular complexity index is 1210. The second-order valence-electron chi connectivity index (χ2n) is 10.3. The van der Waals surface area contributed by atoms with Gasteiger partial charge in [-0.2, -0.15) is 0 Å². The summed E-state index contributed by atoms with van der Waals surface area (Å²) in [7, 11) is 0. The normalized spacial score (nSPS) is 19.9. The Hall–Kier alpha value is -2.89. The molecule has 2 saturated heterocycles. The van der Waals surface area contributed by atoms with Crippen LogP contribution in [0.2, 0.25) is 5.02 Å². The summed E-state index contributed by atoms with van der Waals surface area (Å²) in [5.74, 6) is 0.000715. The van der Waals surface area contributed by atoms with Crippen LogP contribution in [-0.4, -0.2) is 42.0 Å². The predicted molar refractivity (Wildman–Crippen MR) is 141 cm³/mol. The average Bonchev–Trinajstić information content (AvgIpc) is 3.24. The molecule has 0 unspecified atom stereocenters. The van der Waals surface area contributed by atoms with Crippen LogP contribution in [-0.2, 0) is 13.1 Å². The number of anilines is 2. The molecule has 0 aliphatic carbocycles. The molecule has 6 heteroatoms. The first-order valence-corrected chi connectivity index (χ1v) is 13.0. The molecule has 0 atom stereocenters. The number of rotatable bonds is 4. The first kappa shape index (κ1) is 22.6. The molecule has 1 amide bonds. The molecule has 180 valence electrons. The molecular formula is C29H31ClN4O. The summed E-state index contributed by atoms with van der Waals surface area (Å²) in [6, 6.07) is 18.4. The molecule has 35 heavy (non-hydrogen) atoms. The molecule has 2 aromatic carbocycles. The van der Waals surface area contributed by atoms with Gasteiger partial charge in [0.1, 0.15) is 0 Å². The Balaban J connectivity index is 1.06. The third-order valence-electron chi connectivity index (χ3n) is 8.28. The fourth-order valence-electron chi connectivity index (χ4n) is 6.09. The number of likely N-dealkylation sites (tertiary alicyclic amines) is 1. The van der Waals surface area contributed by atoms with Crippen molar-refractivity contribution in [3.8, 4) is 0 Å². The van der Waals surface area contributed by atoms with Crippen LogP contribution in [0.1, 0.15) is 47.2 Å². The highest BCUT2D eigenvalue weighted by Crippen LogP contribution is 2.42. The van der Waals surface area contributed by atoms with Crippen molar-refractivity contribution in [3.63, 3.8) is 0 Å². The summed E-state index contributed by atoms with van der Waals surface area (Å²) in [4.78, 5) is 24.1. The maximum Gasteiger partial charge on any atom is 0.260 e. The molecule has 0 saturated carbocycles. The van der Waals surface area contributed by atoms with Gasteiger partial charge in [0.2, 0.25) is 0 Å². The van der Waals surface area contributed by atoms with Crippen LogP contribution in [0, 0.1) is 5.41 Å². The summed E-state index contributed by atoms with van der Waals surface area (Å²) in [5, 5.41) is 0.542. The maximum absolute atomic E-state index is 13.0. The van der Waals surface area contributed by atoms with E-state index in [1.807, 2.05) is 35.5 Å². The molecule has 0 bridgehead atoms. The molecule has 4 heterocycles. The molecule has 1 aromatic heterocycles. The van der Waals surface area contributed by atoms with E-state index in [2.05, 4.69) is 45.1 Å². The molecule has 3 aliphatic rings. The number of hydrogen-bond acceptors (Lipinski definition) is 4. The summed E-state index contributed by atoms with van der Waals surface area (Å²) in [6.07, 6.45) is 8.88. The SMILES string of the molecule is O=C1c2c(Cl)cccc2CN1c1cccc(CN2CCC3(CC2)CCN(c2ccncc2)CC3)c1. The topological polar surface area (TPSA) is 39.7 Å². The second-order valence-corrected chi connectivity index (χ2v) is 10.7. The van der Waals surface area contributed by atoms with Crippen molar-refractivity contribution in [2.75, 3.05) is 36.0 Å². The van der Waals surface area contributed by atoms with Gasteiger partial charge >= 0.3 is 0 Å². The highest BCUT2D eigenvalue weighted by molar-refractivity contribution is 6.35. The fraction of sp³-hybridized carbons (Fsp3) is 0.379. The third kappa shape index (κ3) is 4.43. The summed E-state index contributed by atoms with van der Waals surface area (Å²) >= 11 is 6.32. The van der Waals surface area contributed by atoms with Gasteiger partial charge in [-0.3, -0.25) is 14.7 Å². The number of carbonyl (C=O) groups is 1. The second kappa shape index (κ2) is 9.29. The lowest BCUT2D eigenvalue weighted by atomic mass is 9.71. The third-order valence-corrected chi connectivity index (χ3v) is 8.60. The highest BCUT2D eigenvalue weighted by Gasteiger charge is 2.37. The number of benzene rings is 2. The number of carbonyl (C=O) groups excluding carboxylic acids is 1. The van der Waals surface area contributed by atoms with Gasteiger partial charge in [-0.05, 0) is 85.6 Å². The summed E-state index contributed by atoms with van der Waals surface area (Å²) in [6.45, 7) is 6.08. The zero-order valence-corrected chi connectivity index (χ0v) is 20.8. The van der Waals surface area contributed by atoms with Gasteiger partial charge in [0, 0.05) is 43.4 Å². The Morgan fingerprint density at radius 1 is 0.857 bits per heavy atom. The van der Waals surface area contributed by atoms with Gasteiger partial charge in [-0.1, -0.05) is 35.9 Å². The fourth-order valence-corrected chi connectivity index (χ4v) is 6.36. The van der Waals surface area contributed by atoms with Crippen molar-refractivity contribution in [1.82, 2.24) is 9.88 Å². The van der Waals surface area contributed by atoms with Crippen LogP contribution in [0.15, 0.2) is 67.0 Å². The average molecular weight is 487 g/mol. The summed E-state index contributed by atoms with van der Waals surface area (Å²) < 4.78 is 0. The molecule has 5 nitrogen and oxygen atoms in total. The lowest BCUT2D eigenvalue weighted by Gasteiger charge is -2.47. The van der Waals surface area contributed by atoms with Crippen molar-refractivity contribution in [2.24, 2.45) is 5.41 Å². The van der Waals surface area contributed by atoms with E-state index < -0.39 is 0 Å². The zero-order valence-electron chi connectivity index (χ0n) is 20.0. The standard InChI is InChI=1S/C29H31ClN4O/c30-26-6-2-4-23-21-34(28(35)27(23)26)25-5-1-3-22(19-25)20-32-15-9-29(10-16-32)11-17-33(18-12-29)24-7-13-31-14-8-24/h1-8,13-14,19H,9-12,15-18,20-21H2. The van der Waals surface area contributed by atoms with Gasteiger partial charge in [0.15, 0.2) is 0 Å². The van der Waals surface area contributed by atoms with Crippen LogP contribution in [0.5, 0.6) is 0 Å². The quantitative estimate of drug-likeness (QED) is 0.468. The largest absolute Gasteiger partial charge is 0.371 e. The van der Waals surface area contributed by atoms with E-state index in [4.69, 9.17) is 11.6 Å². The zero-order chi connectivity index (χ0) is 23.8. The maximum atomic E-state index is 13.0. The van der Waals surface area contributed by atoms with Crippen LogP contribution >= 0.6 is 11.6 Å². The van der Waals surface area contributed by atoms with Gasteiger partial charge in [0.05, 0.1) is 17.1 Å². The Morgan fingerprint density at radius 2 is 1.57 bits per heavy atom. The lowest BCUT2D eigenvalue weighted by Crippen LogP contribution is -2.46. The van der Waals surface area contributed by atoms with Gasteiger partial charge in [-0.15, -0.1) is 0 Å². The van der Waals surface area contributed by atoms with Gasteiger partial charge < -0.3 is 9.80 Å². The van der Waals surface area contributed by atoms with E-state index in [1.165, 1.54) is 36.9 Å². The van der Waals surface area contributed by atoms with E-state index in [-0.39, 0.29) is 5.91 Å². The van der Waals surface area contributed by atoms with E-state index in [1.54, 1.807) is 6.07 Å². The first-order chi connectivity index (χ1) is 17.1. The Kier molecular flexibility index (Phi) is 5.99. The number of piperidine rings is 2. The number of halogens is 1. The predicted octanol–water partition coefficient (Wildman–Crippen LogP) is 5.78. The number of nitrogens with zero attached hydrogens (tertiary/aromatic N) is 4. The number of pyridine rings is 1. The molecule has 3 aliphatic heterocycles. The minimum Gasteiger partial charge on any atom is -0.371 e. The van der Waals surface area contributed by atoms with Crippen LogP contribution in [0.25, 0.3) is 0 Å². The highest BCUT2D eigenvalue weighted by atomic mass is 35.5. The smallest absolute Gasteiger partial charge is 0.260 e. The van der Waals surface area contributed by atoms with Gasteiger partial charge in [-0.25, -0.2) is 0 Å².